The number of methoxy groups -OCH3 is 1. The van der Waals surface area contributed by atoms with Crippen molar-refractivity contribution >= 4 is 17.5 Å². The van der Waals surface area contributed by atoms with Crippen molar-refractivity contribution in [2.75, 3.05) is 20.2 Å². The fourth-order valence-electron chi connectivity index (χ4n) is 2.44. The maximum absolute atomic E-state index is 12.4. The number of carbonyl (C=O) groups excluding carboxylic acids is 1. The van der Waals surface area contributed by atoms with Gasteiger partial charge >= 0.3 is 0 Å². The predicted octanol–water partition coefficient (Wildman–Crippen LogP) is 3.39. The minimum Gasteiger partial charge on any atom is -0.497 e. The fraction of sp³-hybridized carbons (Fsp3) is 0.278. The van der Waals surface area contributed by atoms with Gasteiger partial charge in [-0.3, -0.25) is 4.79 Å². The molecule has 5 heteroatoms. The molecular formula is C18H18ClNO3. The third kappa shape index (κ3) is 3.84. The van der Waals surface area contributed by atoms with Crippen molar-refractivity contribution in [1.29, 1.82) is 0 Å². The minimum atomic E-state index is 0.00948. The van der Waals surface area contributed by atoms with E-state index in [1.807, 2.05) is 36.4 Å². The molecule has 0 aromatic heterocycles. The van der Waals surface area contributed by atoms with Crippen LogP contribution in [0.1, 0.15) is 15.9 Å². The van der Waals surface area contributed by atoms with Gasteiger partial charge in [0.15, 0.2) is 0 Å². The van der Waals surface area contributed by atoms with Crippen LogP contribution in [0.15, 0.2) is 48.5 Å². The lowest BCUT2D eigenvalue weighted by atomic mass is 10.1. The van der Waals surface area contributed by atoms with E-state index < -0.39 is 0 Å². The van der Waals surface area contributed by atoms with Gasteiger partial charge in [-0.1, -0.05) is 29.8 Å². The van der Waals surface area contributed by atoms with Crippen LogP contribution in [-0.2, 0) is 11.3 Å². The topological polar surface area (TPSA) is 38.8 Å². The Morgan fingerprint density at radius 3 is 2.65 bits per heavy atom. The maximum Gasteiger partial charge on any atom is 0.254 e. The van der Waals surface area contributed by atoms with Crippen molar-refractivity contribution in [3.05, 3.63) is 64.7 Å². The molecule has 1 amide bonds. The summed E-state index contributed by atoms with van der Waals surface area (Å²) in [7, 11) is 1.59. The van der Waals surface area contributed by atoms with Crippen LogP contribution < -0.4 is 4.74 Å². The van der Waals surface area contributed by atoms with E-state index in [0.29, 0.717) is 36.0 Å². The van der Waals surface area contributed by atoms with Crippen molar-refractivity contribution < 1.29 is 14.3 Å². The number of hydrogen-bond acceptors (Lipinski definition) is 3. The molecule has 1 fully saturated rings. The van der Waals surface area contributed by atoms with Gasteiger partial charge in [-0.2, -0.15) is 0 Å². The van der Waals surface area contributed by atoms with Gasteiger partial charge in [-0.15, -0.1) is 0 Å². The van der Waals surface area contributed by atoms with Crippen LogP contribution in [0.4, 0.5) is 0 Å². The second kappa shape index (κ2) is 7.02. The Balaban J connectivity index is 1.48. The molecule has 2 aromatic rings. The molecule has 3 rings (SSSR count). The molecule has 0 saturated carbocycles. The van der Waals surface area contributed by atoms with E-state index in [0.717, 1.165) is 5.56 Å². The van der Waals surface area contributed by atoms with Gasteiger partial charge in [0, 0.05) is 23.7 Å². The normalized spacial score (nSPS) is 14.4. The number of benzene rings is 2. The van der Waals surface area contributed by atoms with Crippen LogP contribution in [-0.4, -0.2) is 37.1 Å². The molecule has 0 bridgehead atoms. The molecule has 0 radical (unpaired) electrons. The van der Waals surface area contributed by atoms with E-state index in [1.54, 1.807) is 24.1 Å². The molecule has 2 aromatic carbocycles. The Labute approximate surface area is 140 Å². The lowest BCUT2D eigenvalue weighted by Gasteiger charge is -2.39. The molecule has 0 N–H and O–H groups in total. The molecule has 0 atom stereocenters. The zero-order chi connectivity index (χ0) is 16.2. The molecule has 0 aliphatic carbocycles. The summed E-state index contributed by atoms with van der Waals surface area (Å²) in [6, 6.07) is 14.8. The number of likely N-dealkylation sites (tertiary alicyclic amines) is 1. The zero-order valence-corrected chi connectivity index (χ0v) is 13.6. The third-order valence-electron chi connectivity index (χ3n) is 3.85. The highest BCUT2D eigenvalue weighted by Crippen LogP contribution is 2.20. The number of halogens is 1. The van der Waals surface area contributed by atoms with Gasteiger partial charge in [0.05, 0.1) is 19.8 Å². The standard InChI is InChI=1S/C18H18ClNO3/c1-22-16-4-2-3-14(9-16)18(21)20-10-17(11-20)23-12-13-5-7-15(19)8-6-13/h2-9,17H,10-12H2,1H3. The Bertz CT molecular complexity index is 681. The molecule has 1 aliphatic rings. The van der Waals surface area contributed by atoms with Crippen LogP contribution in [0.5, 0.6) is 5.75 Å². The Morgan fingerprint density at radius 2 is 1.96 bits per heavy atom. The number of hydrogen-bond donors (Lipinski definition) is 0. The largest absolute Gasteiger partial charge is 0.497 e. The molecule has 1 aliphatic heterocycles. The molecule has 1 heterocycles. The number of amides is 1. The van der Waals surface area contributed by atoms with E-state index in [-0.39, 0.29) is 12.0 Å². The molecule has 120 valence electrons. The van der Waals surface area contributed by atoms with E-state index in [1.165, 1.54) is 0 Å². The highest BCUT2D eigenvalue weighted by atomic mass is 35.5. The predicted molar refractivity (Wildman–Crippen MR) is 88.9 cm³/mol. The zero-order valence-electron chi connectivity index (χ0n) is 12.9. The molecule has 4 nitrogen and oxygen atoms in total. The van der Waals surface area contributed by atoms with Crippen molar-refractivity contribution in [2.45, 2.75) is 12.7 Å². The summed E-state index contributed by atoms with van der Waals surface area (Å²) in [5, 5.41) is 0.715. The summed E-state index contributed by atoms with van der Waals surface area (Å²) < 4.78 is 11.0. The number of ether oxygens (including phenoxy) is 2. The maximum atomic E-state index is 12.4. The summed E-state index contributed by atoms with van der Waals surface area (Å²) in [6.07, 6.45) is 0.0836. The monoisotopic (exact) mass is 331 g/mol. The Morgan fingerprint density at radius 1 is 1.22 bits per heavy atom. The molecule has 1 saturated heterocycles. The van der Waals surface area contributed by atoms with Crippen LogP contribution in [0.2, 0.25) is 5.02 Å². The Hall–Kier alpha value is -2.04. The lowest BCUT2D eigenvalue weighted by molar-refractivity contribution is -0.0503. The minimum absolute atomic E-state index is 0.00948. The second-order valence-electron chi connectivity index (χ2n) is 5.50. The fourth-order valence-corrected chi connectivity index (χ4v) is 2.57. The van der Waals surface area contributed by atoms with Crippen molar-refractivity contribution in [2.24, 2.45) is 0 Å². The Kier molecular flexibility index (Phi) is 4.84. The first-order chi connectivity index (χ1) is 11.2. The van der Waals surface area contributed by atoms with E-state index in [4.69, 9.17) is 21.1 Å². The highest BCUT2D eigenvalue weighted by Gasteiger charge is 2.31. The van der Waals surface area contributed by atoms with E-state index in [2.05, 4.69) is 0 Å². The number of rotatable bonds is 5. The van der Waals surface area contributed by atoms with Gasteiger partial charge in [-0.05, 0) is 35.9 Å². The highest BCUT2D eigenvalue weighted by molar-refractivity contribution is 6.30. The third-order valence-corrected chi connectivity index (χ3v) is 4.10. The van der Waals surface area contributed by atoms with Gasteiger partial charge in [-0.25, -0.2) is 0 Å². The van der Waals surface area contributed by atoms with Crippen LogP contribution >= 0.6 is 11.6 Å². The van der Waals surface area contributed by atoms with Crippen LogP contribution in [0, 0.1) is 0 Å². The molecule has 23 heavy (non-hydrogen) atoms. The summed E-state index contributed by atoms with van der Waals surface area (Å²) in [6.45, 7) is 1.76. The average Bonchev–Trinajstić information content (AvgIpc) is 2.55. The van der Waals surface area contributed by atoms with Gasteiger partial charge in [0.25, 0.3) is 5.91 Å². The molecule has 0 unspecified atom stereocenters. The first-order valence-corrected chi connectivity index (χ1v) is 7.83. The van der Waals surface area contributed by atoms with Crippen molar-refractivity contribution in [3.63, 3.8) is 0 Å². The van der Waals surface area contributed by atoms with Crippen molar-refractivity contribution in [1.82, 2.24) is 4.90 Å². The van der Waals surface area contributed by atoms with Gasteiger partial charge in [0.1, 0.15) is 5.75 Å². The summed E-state index contributed by atoms with van der Waals surface area (Å²) >= 11 is 5.85. The van der Waals surface area contributed by atoms with Crippen molar-refractivity contribution in [3.8, 4) is 5.75 Å². The average molecular weight is 332 g/mol. The summed E-state index contributed by atoms with van der Waals surface area (Å²) in [5.74, 6) is 0.696. The number of nitrogens with zero attached hydrogens (tertiary/aromatic N) is 1. The SMILES string of the molecule is COc1cccc(C(=O)N2CC(OCc3ccc(Cl)cc3)C2)c1. The lowest BCUT2D eigenvalue weighted by Crippen LogP contribution is -2.54. The smallest absolute Gasteiger partial charge is 0.254 e. The summed E-state index contributed by atoms with van der Waals surface area (Å²) in [4.78, 5) is 14.1. The molecular weight excluding hydrogens is 314 g/mol. The van der Waals surface area contributed by atoms with E-state index >= 15 is 0 Å². The first kappa shape index (κ1) is 15.8. The van der Waals surface area contributed by atoms with Crippen LogP contribution in [0.3, 0.4) is 0 Å². The summed E-state index contributed by atoms with van der Waals surface area (Å²) in [5.41, 5.74) is 1.72. The number of carbonyl (C=O) groups is 1. The quantitative estimate of drug-likeness (QED) is 0.843. The second-order valence-corrected chi connectivity index (χ2v) is 5.94. The molecule has 0 spiro atoms. The van der Waals surface area contributed by atoms with Gasteiger partial charge < -0.3 is 14.4 Å². The van der Waals surface area contributed by atoms with E-state index in [9.17, 15) is 4.79 Å². The van der Waals surface area contributed by atoms with Crippen LogP contribution in [0.25, 0.3) is 0 Å². The first-order valence-electron chi connectivity index (χ1n) is 7.45. The van der Waals surface area contributed by atoms with Gasteiger partial charge in [0.2, 0.25) is 0 Å².